The van der Waals surface area contributed by atoms with Gasteiger partial charge in [-0.1, -0.05) is 30.3 Å². The van der Waals surface area contributed by atoms with Gasteiger partial charge < -0.3 is 0 Å². The van der Waals surface area contributed by atoms with Gasteiger partial charge in [0, 0.05) is 13.0 Å². The third kappa shape index (κ3) is 3.08. The molecule has 100 valence electrons. The molecule has 2 rings (SSSR count). The molecule has 4 heteroatoms. The van der Waals surface area contributed by atoms with Crippen LogP contribution in [0.15, 0.2) is 24.4 Å². The molecule has 0 bridgehead atoms. The van der Waals surface area contributed by atoms with Gasteiger partial charge >= 0.3 is 0 Å². The average Bonchev–Trinajstić information content (AvgIpc) is 2.83. The Morgan fingerprint density at radius 3 is 2.74 bits per heavy atom. The Labute approximate surface area is 113 Å². The first-order chi connectivity index (χ1) is 9.11. The molecule has 0 N–H and O–H groups in total. The van der Waals surface area contributed by atoms with Crippen molar-refractivity contribution in [2.75, 3.05) is 0 Å². The maximum atomic E-state index is 12.3. The summed E-state index contributed by atoms with van der Waals surface area (Å²) in [7, 11) is 0. The van der Waals surface area contributed by atoms with Crippen LogP contribution in [0, 0.1) is 13.8 Å². The third-order valence-electron chi connectivity index (χ3n) is 3.27. The Kier molecular flexibility index (Phi) is 4.10. The van der Waals surface area contributed by atoms with Crippen molar-refractivity contribution < 1.29 is 4.79 Å². The van der Waals surface area contributed by atoms with E-state index in [1.54, 1.807) is 10.9 Å². The second-order valence-corrected chi connectivity index (χ2v) is 4.86. The summed E-state index contributed by atoms with van der Waals surface area (Å²) in [6, 6.07) is 6.13. The SMILES string of the molecule is CCCn1nncc1C(=O)Cc1ccc(C)c(C)c1. The van der Waals surface area contributed by atoms with Crippen molar-refractivity contribution in [2.45, 2.75) is 40.2 Å². The van der Waals surface area contributed by atoms with E-state index in [0.29, 0.717) is 12.1 Å². The standard InChI is InChI=1S/C15H19N3O/c1-4-7-18-14(10-16-17-18)15(19)9-13-6-5-11(2)12(3)8-13/h5-6,8,10H,4,7,9H2,1-3H3. The van der Waals surface area contributed by atoms with Gasteiger partial charge in [-0.25, -0.2) is 4.68 Å². The molecule has 1 aromatic carbocycles. The molecule has 0 atom stereocenters. The molecule has 2 aromatic rings. The smallest absolute Gasteiger partial charge is 0.186 e. The van der Waals surface area contributed by atoms with E-state index in [9.17, 15) is 4.79 Å². The van der Waals surface area contributed by atoms with E-state index in [2.05, 4.69) is 43.2 Å². The zero-order valence-electron chi connectivity index (χ0n) is 11.7. The number of carbonyl (C=O) groups excluding carboxylic acids is 1. The number of carbonyl (C=O) groups is 1. The van der Waals surface area contributed by atoms with Crippen molar-refractivity contribution in [3.05, 3.63) is 46.8 Å². The highest BCUT2D eigenvalue weighted by atomic mass is 16.1. The maximum absolute atomic E-state index is 12.3. The molecule has 0 fully saturated rings. The predicted molar refractivity (Wildman–Crippen MR) is 74.3 cm³/mol. The molecule has 0 amide bonds. The zero-order valence-corrected chi connectivity index (χ0v) is 11.7. The summed E-state index contributed by atoms with van der Waals surface area (Å²) < 4.78 is 1.68. The lowest BCUT2D eigenvalue weighted by Crippen LogP contribution is -2.12. The van der Waals surface area contributed by atoms with Crippen LogP contribution in [0.2, 0.25) is 0 Å². The molecule has 1 aromatic heterocycles. The largest absolute Gasteiger partial charge is 0.292 e. The molecule has 0 saturated carbocycles. The van der Waals surface area contributed by atoms with E-state index in [1.165, 1.54) is 11.1 Å². The van der Waals surface area contributed by atoms with E-state index in [4.69, 9.17) is 0 Å². The van der Waals surface area contributed by atoms with Crippen molar-refractivity contribution in [3.63, 3.8) is 0 Å². The van der Waals surface area contributed by atoms with E-state index in [-0.39, 0.29) is 5.78 Å². The molecule has 0 radical (unpaired) electrons. The average molecular weight is 257 g/mol. The Morgan fingerprint density at radius 2 is 2.05 bits per heavy atom. The fourth-order valence-corrected chi connectivity index (χ4v) is 2.04. The van der Waals surface area contributed by atoms with Crippen molar-refractivity contribution in [2.24, 2.45) is 0 Å². The summed E-state index contributed by atoms with van der Waals surface area (Å²) >= 11 is 0. The molecule has 0 aliphatic heterocycles. The summed E-state index contributed by atoms with van der Waals surface area (Å²) in [6.07, 6.45) is 2.89. The highest BCUT2D eigenvalue weighted by molar-refractivity contribution is 5.95. The Balaban J connectivity index is 2.16. The molecule has 0 aliphatic rings. The minimum absolute atomic E-state index is 0.0710. The second kappa shape index (κ2) is 5.78. The summed E-state index contributed by atoms with van der Waals surface area (Å²) in [5.41, 5.74) is 4.09. The topological polar surface area (TPSA) is 47.8 Å². The van der Waals surface area contributed by atoms with Crippen LogP contribution in [0.25, 0.3) is 0 Å². The molecule has 1 heterocycles. The highest BCUT2D eigenvalue weighted by Gasteiger charge is 2.13. The van der Waals surface area contributed by atoms with Gasteiger partial charge in [-0.3, -0.25) is 4.79 Å². The van der Waals surface area contributed by atoms with Crippen molar-refractivity contribution in [1.29, 1.82) is 0 Å². The zero-order chi connectivity index (χ0) is 13.8. The van der Waals surface area contributed by atoms with Crippen LogP contribution in [-0.2, 0) is 13.0 Å². The van der Waals surface area contributed by atoms with Gasteiger partial charge in [0.2, 0.25) is 0 Å². The number of rotatable bonds is 5. The van der Waals surface area contributed by atoms with E-state index >= 15 is 0 Å². The molecule has 0 unspecified atom stereocenters. The van der Waals surface area contributed by atoms with Crippen LogP contribution in [0.4, 0.5) is 0 Å². The van der Waals surface area contributed by atoms with Crippen LogP contribution < -0.4 is 0 Å². The normalized spacial score (nSPS) is 10.7. The van der Waals surface area contributed by atoms with Crippen molar-refractivity contribution >= 4 is 5.78 Å². The number of aromatic nitrogens is 3. The Morgan fingerprint density at radius 1 is 1.26 bits per heavy atom. The molecule has 0 aliphatic carbocycles. The van der Waals surface area contributed by atoms with Crippen molar-refractivity contribution in [1.82, 2.24) is 15.0 Å². The fraction of sp³-hybridized carbons (Fsp3) is 0.400. The number of ketones is 1. The summed E-state index contributed by atoms with van der Waals surface area (Å²) in [6.45, 7) is 6.92. The number of nitrogens with zero attached hydrogens (tertiary/aromatic N) is 3. The van der Waals surface area contributed by atoms with Crippen LogP contribution in [0.5, 0.6) is 0 Å². The summed E-state index contributed by atoms with van der Waals surface area (Å²) in [5, 5.41) is 7.77. The Bertz CT molecular complexity index is 587. The molecule has 0 saturated heterocycles. The number of benzene rings is 1. The second-order valence-electron chi connectivity index (χ2n) is 4.86. The number of Topliss-reactive ketones (excluding diaryl/α,β-unsaturated/α-hetero) is 1. The summed E-state index contributed by atoms with van der Waals surface area (Å²) in [5.74, 6) is 0.0710. The number of hydrogen-bond acceptors (Lipinski definition) is 3. The van der Waals surface area contributed by atoms with Crippen molar-refractivity contribution in [3.8, 4) is 0 Å². The van der Waals surface area contributed by atoms with Gasteiger partial charge in [-0.05, 0) is 37.0 Å². The minimum Gasteiger partial charge on any atom is -0.292 e. The third-order valence-corrected chi connectivity index (χ3v) is 3.27. The summed E-state index contributed by atoms with van der Waals surface area (Å²) in [4.78, 5) is 12.3. The minimum atomic E-state index is 0.0710. The lowest BCUT2D eigenvalue weighted by molar-refractivity contribution is 0.0982. The fourth-order valence-electron chi connectivity index (χ4n) is 2.04. The van der Waals surface area contributed by atoms with Gasteiger partial charge in [-0.2, -0.15) is 0 Å². The number of hydrogen-bond donors (Lipinski definition) is 0. The van der Waals surface area contributed by atoms with E-state index < -0.39 is 0 Å². The van der Waals surface area contributed by atoms with Crippen LogP contribution in [0.1, 0.15) is 40.5 Å². The quantitative estimate of drug-likeness (QED) is 0.774. The first-order valence-corrected chi connectivity index (χ1v) is 6.59. The maximum Gasteiger partial charge on any atom is 0.186 e. The van der Waals surface area contributed by atoms with Crippen LogP contribution in [-0.4, -0.2) is 20.8 Å². The van der Waals surface area contributed by atoms with Gasteiger partial charge in [0.05, 0.1) is 6.20 Å². The van der Waals surface area contributed by atoms with Gasteiger partial charge in [0.1, 0.15) is 5.69 Å². The predicted octanol–water partition coefficient (Wildman–Crippen LogP) is 2.73. The molecule has 19 heavy (non-hydrogen) atoms. The van der Waals surface area contributed by atoms with Gasteiger partial charge in [0.15, 0.2) is 5.78 Å². The van der Waals surface area contributed by atoms with E-state index in [1.807, 2.05) is 6.07 Å². The van der Waals surface area contributed by atoms with Crippen LogP contribution >= 0.6 is 0 Å². The molecule has 4 nitrogen and oxygen atoms in total. The van der Waals surface area contributed by atoms with E-state index in [0.717, 1.165) is 18.5 Å². The van der Waals surface area contributed by atoms with Gasteiger partial charge in [-0.15, -0.1) is 5.10 Å². The first-order valence-electron chi connectivity index (χ1n) is 6.59. The Hall–Kier alpha value is -1.97. The molecule has 0 spiro atoms. The van der Waals surface area contributed by atoms with Crippen LogP contribution in [0.3, 0.4) is 0 Å². The monoisotopic (exact) mass is 257 g/mol. The lowest BCUT2D eigenvalue weighted by Gasteiger charge is -2.06. The lowest BCUT2D eigenvalue weighted by atomic mass is 10.0. The molecular formula is C15H19N3O. The first kappa shape index (κ1) is 13.5. The highest BCUT2D eigenvalue weighted by Crippen LogP contribution is 2.12. The number of aryl methyl sites for hydroxylation is 3. The van der Waals surface area contributed by atoms with Gasteiger partial charge in [0.25, 0.3) is 0 Å². The molecular weight excluding hydrogens is 238 g/mol.